The molecule has 1 amide bonds. The molecule has 2 aromatic heterocycles. The van der Waals surface area contributed by atoms with Crippen LogP contribution >= 0.6 is 0 Å². The van der Waals surface area contributed by atoms with Crippen LogP contribution in [0.15, 0.2) is 66.9 Å². The van der Waals surface area contributed by atoms with Crippen molar-refractivity contribution in [1.29, 1.82) is 0 Å². The van der Waals surface area contributed by atoms with Crippen LogP contribution in [-0.2, 0) is 0 Å². The monoisotopic (exact) mass is 358 g/mol. The number of amides is 1. The van der Waals surface area contributed by atoms with Crippen molar-refractivity contribution in [1.82, 2.24) is 14.8 Å². The summed E-state index contributed by atoms with van der Waals surface area (Å²) in [6.07, 6.45) is 1.07. The molecule has 0 spiro atoms. The summed E-state index contributed by atoms with van der Waals surface area (Å²) in [4.78, 5) is 27.3. The van der Waals surface area contributed by atoms with Crippen LogP contribution in [0.25, 0.3) is 27.8 Å². The number of para-hydroxylation sites is 2. The molecule has 0 saturated heterocycles. The fraction of sp³-hybridized carbons (Fsp3) is 0. The van der Waals surface area contributed by atoms with Crippen molar-refractivity contribution in [2.45, 2.75) is 0 Å². The quantitative estimate of drug-likeness (QED) is 0.538. The lowest BCUT2D eigenvalue weighted by Crippen LogP contribution is -2.10. The number of carbonyl (C=O) groups is 2. The van der Waals surface area contributed by atoms with E-state index in [4.69, 9.17) is 0 Å². The molecule has 0 saturated carbocycles. The van der Waals surface area contributed by atoms with Gasteiger partial charge >= 0.3 is 6.09 Å². The van der Waals surface area contributed by atoms with Crippen LogP contribution in [-0.4, -0.2) is 32.3 Å². The second-order valence-electron chi connectivity index (χ2n) is 5.81. The molecule has 4 rings (SSSR count). The second-order valence-corrected chi connectivity index (χ2v) is 5.81. The number of carbonyl (C=O) groups excluding carboxylic acids is 1. The Morgan fingerprint density at radius 2 is 1.85 bits per heavy atom. The Hall–Kier alpha value is -4.00. The first-order valence-electron chi connectivity index (χ1n) is 8.16. The molecule has 7 heteroatoms. The highest BCUT2D eigenvalue weighted by atomic mass is 16.4. The highest BCUT2D eigenvalue weighted by Gasteiger charge is 2.17. The Balaban J connectivity index is 2.00. The molecule has 2 aromatic carbocycles. The maximum absolute atomic E-state index is 11.3. The van der Waals surface area contributed by atoms with Crippen LogP contribution in [0.2, 0.25) is 0 Å². The van der Waals surface area contributed by atoms with Crippen LogP contribution < -0.4 is 5.32 Å². The Bertz CT molecular complexity index is 1170. The standard InChI is InChI=1S/C20H14N4O3/c25-12-14-9-10-21-24(14)18-8-4-2-6-15(18)19-17(23-20(26)27)11-13-5-1-3-7-16(13)22-19/h1-12,23H,(H,26,27). The zero-order valence-corrected chi connectivity index (χ0v) is 14.0. The van der Waals surface area contributed by atoms with E-state index in [2.05, 4.69) is 15.4 Å². The molecule has 0 aliphatic heterocycles. The molecule has 0 unspecified atom stereocenters. The topological polar surface area (TPSA) is 97.1 Å². The minimum Gasteiger partial charge on any atom is -0.465 e. The van der Waals surface area contributed by atoms with Gasteiger partial charge in [-0.2, -0.15) is 5.10 Å². The third-order valence-electron chi connectivity index (χ3n) is 4.15. The Morgan fingerprint density at radius 3 is 2.67 bits per heavy atom. The van der Waals surface area contributed by atoms with Gasteiger partial charge in [-0.3, -0.25) is 10.1 Å². The van der Waals surface area contributed by atoms with Gasteiger partial charge in [0.05, 0.1) is 28.8 Å². The van der Waals surface area contributed by atoms with Crippen LogP contribution in [0.4, 0.5) is 10.5 Å². The largest absolute Gasteiger partial charge is 0.465 e. The maximum Gasteiger partial charge on any atom is 0.409 e. The SMILES string of the molecule is O=Cc1ccnn1-c1ccccc1-c1nc2ccccc2cc1NC(=O)O. The average molecular weight is 358 g/mol. The Morgan fingerprint density at radius 1 is 1.07 bits per heavy atom. The molecule has 2 heterocycles. The number of aldehydes is 1. The van der Waals surface area contributed by atoms with Crippen molar-refractivity contribution in [3.8, 4) is 16.9 Å². The number of pyridine rings is 1. The third kappa shape index (κ3) is 3.02. The number of benzene rings is 2. The minimum atomic E-state index is -1.18. The molecule has 0 bridgehead atoms. The summed E-state index contributed by atoms with van der Waals surface area (Å²) >= 11 is 0. The van der Waals surface area contributed by atoms with E-state index in [-0.39, 0.29) is 0 Å². The van der Waals surface area contributed by atoms with Crippen molar-refractivity contribution in [2.75, 3.05) is 5.32 Å². The minimum absolute atomic E-state index is 0.355. The van der Waals surface area contributed by atoms with Crippen molar-refractivity contribution in [3.05, 3.63) is 72.6 Å². The summed E-state index contributed by atoms with van der Waals surface area (Å²) in [5, 5.41) is 16.7. The van der Waals surface area contributed by atoms with E-state index in [0.29, 0.717) is 34.6 Å². The molecule has 0 radical (unpaired) electrons. The molecule has 7 nitrogen and oxygen atoms in total. The first kappa shape index (κ1) is 16.5. The van der Waals surface area contributed by atoms with E-state index in [1.165, 1.54) is 10.9 Å². The number of hydrogen-bond acceptors (Lipinski definition) is 4. The summed E-state index contributed by atoms with van der Waals surface area (Å²) in [5.41, 5.74) is 3.21. The van der Waals surface area contributed by atoms with Gasteiger partial charge in [0.1, 0.15) is 5.69 Å². The third-order valence-corrected chi connectivity index (χ3v) is 4.15. The van der Waals surface area contributed by atoms with E-state index in [1.54, 1.807) is 18.2 Å². The van der Waals surface area contributed by atoms with Crippen LogP contribution in [0.5, 0.6) is 0 Å². The molecular formula is C20H14N4O3. The van der Waals surface area contributed by atoms with Gasteiger partial charge in [-0.05, 0) is 24.3 Å². The number of rotatable bonds is 4. The van der Waals surface area contributed by atoms with Gasteiger partial charge in [-0.15, -0.1) is 0 Å². The van der Waals surface area contributed by atoms with E-state index in [0.717, 1.165) is 10.9 Å². The molecule has 4 aromatic rings. The zero-order valence-electron chi connectivity index (χ0n) is 14.0. The zero-order chi connectivity index (χ0) is 18.8. The van der Waals surface area contributed by atoms with Crippen molar-refractivity contribution in [3.63, 3.8) is 0 Å². The lowest BCUT2D eigenvalue weighted by Gasteiger charge is -2.15. The van der Waals surface area contributed by atoms with Gasteiger partial charge in [0.2, 0.25) is 0 Å². The number of aromatic nitrogens is 3. The van der Waals surface area contributed by atoms with Crippen molar-refractivity contribution in [2.24, 2.45) is 0 Å². The van der Waals surface area contributed by atoms with E-state index in [1.807, 2.05) is 42.5 Å². The van der Waals surface area contributed by atoms with Gasteiger partial charge < -0.3 is 5.11 Å². The average Bonchev–Trinajstić information content (AvgIpc) is 3.15. The van der Waals surface area contributed by atoms with E-state index < -0.39 is 6.09 Å². The summed E-state index contributed by atoms with van der Waals surface area (Å²) in [7, 11) is 0. The summed E-state index contributed by atoms with van der Waals surface area (Å²) in [5.74, 6) is 0. The fourth-order valence-electron chi connectivity index (χ4n) is 2.99. The molecule has 0 atom stereocenters. The van der Waals surface area contributed by atoms with Gasteiger partial charge in [0.15, 0.2) is 6.29 Å². The van der Waals surface area contributed by atoms with Crippen LogP contribution in [0.1, 0.15) is 10.5 Å². The predicted octanol–water partition coefficient (Wildman–Crippen LogP) is 3.99. The van der Waals surface area contributed by atoms with Crippen molar-refractivity contribution >= 4 is 29.0 Å². The first-order chi connectivity index (χ1) is 13.2. The summed E-state index contributed by atoms with van der Waals surface area (Å²) in [6.45, 7) is 0. The number of fused-ring (bicyclic) bond motifs is 1. The lowest BCUT2D eigenvalue weighted by atomic mass is 10.0. The van der Waals surface area contributed by atoms with Gasteiger partial charge in [0, 0.05) is 10.9 Å². The maximum atomic E-state index is 11.3. The second kappa shape index (κ2) is 6.72. The molecule has 27 heavy (non-hydrogen) atoms. The number of hydrogen-bond donors (Lipinski definition) is 2. The van der Waals surface area contributed by atoms with Gasteiger partial charge in [-0.1, -0.05) is 36.4 Å². The Labute approximate surface area is 153 Å². The van der Waals surface area contributed by atoms with Crippen molar-refractivity contribution < 1.29 is 14.7 Å². The highest BCUT2D eigenvalue weighted by Crippen LogP contribution is 2.33. The number of carboxylic acid groups (broad SMARTS) is 1. The normalized spacial score (nSPS) is 10.7. The molecular weight excluding hydrogens is 344 g/mol. The Kier molecular flexibility index (Phi) is 4.10. The fourth-order valence-corrected chi connectivity index (χ4v) is 2.99. The predicted molar refractivity (Wildman–Crippen MR) is 101 cm³/mol. The first-order valence-corrected chi connectivity index (χ1v) is 8.16. The van der Waals surface area contributed by atoms with Gasteiger partial charge in [-0.25, -0.2) is 14.5 Å². The van der Waals surface area contributed by atoms with E-state index >= 15 is 0 Å². The van der Waals surface area contributed by atoms with Crippen LogP contribution in [0, 0.1) is 0 Å². The molecule has 132 valence electrons. The smallest absolute Gasteiger partial charge is 0.409 e. The molecule has 0 aliphatic rings. The number of nitrogens with zero attached hydrogens (tertiary/aromatic N) is 3. The molecule has 2 N–H and O–H groups in total. The van der Waals surface area contributed by atoms with Gasteiger partial charge in [0.25, 0.3) is 0 Å². The summed E-state index contributed by atoms with van der Waals surface area (Å²) < 4.78 is 1.50. The molecule has 0 aliphatic carbocycles. The number of nitrogens with one attached hydrogen (secondary N) is 1. The highest BCUT2D eigenvalue weighted by molar-refractivity contribution is 5.96. The lowest BCUT2D eigenvalue weighted by molar-refractivity contribution is 0.111. The summed E-state index contributed by atoms with van der Waals surface area (Å²) in [6, 6.07) is 18.1. The van der Waals surface area contributed by atoms with Crippen LogP contribution in [0.3, 0.4) is 0 Å². The van der Waals surface area contributed by atoms with E-state index in [9.17, 15) is 14.7 Å². The number of anilines is 1. The molecule has 0 fully saturated rings.